The maximum atomic E-state index is 11.9. The fraction of sp³-hybridized carbons (Fsp3) is 0.357. The van der Waals surface area contributed by atoms with Gasteiger partial charge in [0.15, 0.2) is 0 Å². The predicted octanol–water partition coefficient (Wildman–Crippen LogP) is 0.688. The second-order valence-electron chi connectivity index (χ2n) is 4.79. The minimum absolute atomic E-state index is 0.0352. The highest BCUT2D eigenvalue weighted by molar-refractivity contribution is 5.99. The SMILES string of the molecule is O=C1N[C@@H](Cc2ncnn2CCCO)c2ccccc21. The molecule has 0 saturated carbocycles. The van der Waals surface area contributed by atoms with Gasteiger partial charge in [0.1, 0.15) is 12.2 Å². The number of hydrogen-bond acceptors (Lipinski definition) is 4. The van der Waals surface area contributed by atoms with Crippen LogP contribution in [0.15, 0.2) is 30.6 Å². The van der Waals surface area contributed by atoms with Crippen molar-refractivity contribution in [1.29, 1.82) is 0 Å². The van der Waals surface area contributed by atoms with Crippen molar-refractivity contribution >= 4 is 5.91 Å². The van der Waals surface area contributed by atoms with Crippen molar-refractivity contribution in [3.8, 4) is 0 Å². The Bertz CT molecular complexity index is 623. The Morgan fingerprint density at radius 2 is 2.20 bits per heavy atom. The van der Waals surface area contributed by atoms with Gasteiger partial charge in [0.25, 0.3) is 5.91 Å². The first kappa shape index (κ1) is 12.8. The molecule has 1 aromatic carbocycles. The largest absolute Gasteiger partial charge is 0.396 e. The van der Waals surface area contributed by atoms with Crippen LogP contribution in [-0.2, 0) is 13.0 Å². The molecule has 0 fully saturated rings. The molecule has 2 heterocycles. The molecule has 2 N–H and O–H groups in total. The van der Waals surface area contributed by atoms with Crippen LogP contribution in [0.4, 0.5) is 0 Å². The molecule has 0 radical (unpaired) electrons. The molecular weight excluding hydrogens is 256 g/mol. The van der Waals surface area contributed by atoms with Gasteiger partial charge >= 0.3 is 0 Å². The summed E-state index contributed by atoms with van der Waals surface area (Å²) in [5.41, 5.74) is 1.74. The molecule has 0 unspecified atom stereocenters. The number of carbonyl (C=O) groups excluding carboxylic acids is 1. The highest BCUT2D eigenvalue weighted by Crippen LogP contribution is 2.27. The second kappa shape index (κ2) is 5.42. The smallest absolute Gasteiger partial charge is 0.252 e. The van der Waals surface area contributed by atoms with Gasteiger partial charge in [0.2, 0.25) is 0 Å². The van der Waals surface area contributed by atoms with Crippen LogP contribution in [0.1, 0.15) is 34.2 Å². The maximum absolute atomic E-state index is 11.9. The van der Waals surface area contributed by atoms with Gasteiger partial charge in [0, 0.05) is 25.1 Å². The number of rotatable bonds is 5. The van der Waals surface area contributed by atoms with Gasteiger partial charge in [-0.1, -0.05) is 18.2 Å². The molecule has 1 aromatic heterocycles. The van der Waals surface area contributed by atoms with Crippen molar-refractivity contribution < 1.29 is 9.90 Å². The van der Waals surface area contributed by atoms with E-state index in [9.17, 15) is 4.79 Å². The molecule has 0 aliphatic carbocycles. The number of hydrogen-bond donors (Lipinski definition) is 2. The third-order valence-electron chi connectivity index (χ3n) is 3.50. The summed E-state index contributed by atoms with van der Waals surface area (Å²) in [6.07, 6.45) is 2.76. The first-order valence-corrected chi connectivity index (χ1v) is 6.67. The van der Waals surface area contributed by atoms with Gasteiger partial charge in [-0.05, 0) is 18.1 Å². The number of aryl methyl sites for hydroxylation is 1. The van der Waals surface area contributed by atoms with Crippen LogP contribution in [0.2, 0.25) is 0 Å². The van der Waals surface area contributed by atoms with Crippen molar-refractivity contribution in [3.63, 3.8) is 0 Å². The van der Waals surface area contributed by atoms with Gasteiger partial charge in [-0.25, -0.2) is 9.67 Å². The zero-order valence-electron chi connectivity index (χ0n) is 11.0. The normalized spacial score (nSPS) is 17.1. The lowest BCUT2D eigenvalue weighted by Crippen LogP contribution is -2.22. The number of nitrogens with zero attached hydrogens (tertiary/aromatic N) is 3. The highest BCUT2D eigenvalue weighted by Gasteiger charge is 2.29. The van der Waals surface area contributed by atoms with E-state index in [-0.39, 0.29) is 18.6 Å². The summed E-state index contributed by atoms with van der Waals surface area (Å²) in [6.45, 7) is 0.760. The molecule has 1 aliphatic rings. The zero-order chi connectivity index (χ0) is 13.9. The molecule has 0 bridgehead atoms. The van der Waals surface area contributed by atoms with Crippen molar-refractivity contribution in [2.45, 2.75) is 25.4 Å². The zero-order valence-corrected chi connectivity index (χ0v) is 11.0. The number of carbonyl (C=O) groups is 1. The number of benzene rings is 1. The Morgan fingerprint density at radius 3 is 3.05 bits per heavy atom. The first-order chi connectivity index (χ1) is 9.79. The second-order valence-corrected chi connectivity index (χ2v) is 4.79. The summed E-state index contributed by atoms with van der Waals surface area (Å²) in [5, 5.41) is 16.0. The molecule has 6 heteroatoms. The highest BCUT2D eigenvalue weighted by atomic mass is 16.3. The van der Waals surface area contributed by atoms with Crippen LogP contribution in [0.3, 0.4) is 0 Å². The van der Waals surface area contributed by atoms with E-state index in [1.165, 1.54) is 6.33 Å². The number of aromatic nitrogens is 3. The van der Waals surface area contributed by atoms with Gasteiger partial charge in [-0.3, -0.25) is 4.79 Å². The summed E-state index contributed by atoms with van der Waals surface area (Å²) in [7, 11) is 0. The lowest BCUT2D eigenvalue weighted by Gasteiger charge is -2.12. The molecule has 0 spiro atoms. The molecule has 0 saturated heterocycles. The third-order valence-corrected chi connectivity index (χ3v) is 3.50. The van der Waals surface area contributed by atoms with Crippen molar-refractivity contribution in [2.75, 3.05) is 6.61 Å². The summed E-state index contributed by atoms with van der Waals surface area (Å²) in [6, 6.07) is 7.54. The Hall–Kier alpha value is -2.21. The Kier molecular flexibility index (Phi) is 3.47. The molecule has 1 aliphatic heterocycles. The predicted molar refractivity (Wildman–Crippen MR) is 72.1 cm³/mol. The summed E-state index contributed by atoms with van der Waals surface area (Å²) in [5.74, 6) is 0.785. The van der Waals surface area contributed by atoms with Crippen LogP contribution in [-0.4, -0.2) is 32.4 Å². The number of amides is 1. The van der Waals surface area contributed by atoms with Crippen LogP contribution in [0.25, 0.3) is 0 Å². The standard InChI is InChI=1S/C14H16N4O2/c19-7-3-6-18-13(15-9-16-18)8-12-10-4-1-2-5-11(10)14(20)17-12/h1-2,4-5,9,12,19H,3,6-8H2,(H,17,20)/t12-/m0/s1. The van der Waals surface area contributed by atoms with Crippen LogP contribution in [0.5, 0.6) is 0 Å². The van der Waals surface area contributed by atoms with Crippen molar-refractivity contribution in [2.24, 2.45) is 0 Å². The first-order valence-electron chi connectivity index (χ1n) is 6.67. The van der Waals surface area contributed by atoms with E-state index in [2.05, 4.69) is 15.4 Å². The fourth-order valence-corrected chi connectivity index (χ4v) is 2.52. The number of fused-ring (bicyclic) bond motifs is 1. The number of aliphatic hydroxyl groups excluding tert-OH is 1. The summed E-state index contributed by atoms with van der Waals surface area (Å²) < 4.78 is 1.78. The summed E-state index contributed by atoms with van der Waals surface area (Å²) in [4.78, 5) is 16.1. The number of nitrogens with one attached hydrogen (secondary N) is 1. The van der Waals surface area contributed by atoms with Crippen LogP contribution in [0, 0.1) is 0 Å². The van der Waals surface area contributed by atoms with E-state index >= 15 is 0 Å². The molecular formula is C14H16N4O2. The minimum Gasteiger partial charge on any atom is -0.396 e. The molecule has 3 rings (SSSR count). The van der Waals surface area contributed by atoms with E-state index in [1.54, 1.807) is 4.68 Å². The average molecular weight is 272 g/mol. The Morgan fingerprint density at radius 1 is 1.35 bits per heavy atom. The Labute approximate surface area is 116 Å². The van der Waals surface area contributed by atoms with Gasteiger partial charge in [-0.15, -0.1) is 0 Å². The molecule has 1 atom stereocenters. The van der Waals surface area contributed by atoms with Crippen molar-refractivity contribution in [1.82, 2.24) is 20.1 Å². The number of aliphatic hydroxyl groups is 1. The molecule has 20 heavy (non-hydrogen) atoms. The van der Waals surface area contributed by atoms with E-state index in [4.69, 9.17) is 5.11 Å². The van der Waals surface area contributed by atoms with Crippen LogP contribution >= 0.6 is 0 Å². The van der Waals surface area contributed by atoms with E-state index in [1.807, 2.05) is 24.3 Å². The average Bonchev–Trinajstić information content (AvgIpc) is 3.03. The van der Waals surface area contributed by atoms with E-state index < -0.39 is 0 Å². The molecule has 104 valence electrons. The van der Waals surface area contributed by atoms with Gasteiger partial charge in [0.05, 0.1) is 6.04 Å². The lowest BCUT2D eigenvalue weighted by atomic mass is 10.0. The minimum atomic E-state index is -0.0595. The van der Waals surface area contributed by atoms with E-state index in [0.29, 0.717) is 19.4 Å². The van der Waals surface area contributed by atoms with Crippen LogP contribution < -0.4 is 5.32 Å². The maximum Gasteiger partial charge on any atom is 0.252 e. The monoisotopic (exact) mass is 272 g/mol. The lowest BCUT2D eigenvalue weighted by molar-refractivity contribution is 0.0956. The molecule has 2 aromatic rings. The Balaban J connectivity index is 1.80. The topological polar surface area (TPSA) is 80.0 Å². The third kappa shape index (κ3) is 2.30. The van der Waals surface area contributed by atoms with Gasteiger partial charge in [-0.2, -0.15) is 5.10 Å². The van der Waals surface area contributed by atoms with Gasteiger partial charge < -0.3 is 10.4 Å². The fourth-order valence-electron chi connectivity index (χ4n) is 2.52. The van der Waals surface area contributed by atoms with Crippen molar-refractivity contribution in [3.05, 3.63) is 47.5 Å². The molecule has 6 nitrogen and oxygen atoms in total. The molecule has 1 amide bonds. The van der Waals surface area contributed by atoms with E-state index in [0.717, 1.165) is 17.0 Å². The summed E-state index contributed by atoms with van der Waals surface area (Å²) >= 11 is 0. The quantitative estimate of drug-likeness (QED) is 0.839.